The fourth-order valence-corrected chi connectivity index (χ4v) is 4.56. The van der Waals surface area contributed by atoms with Crippen molar-refractivity contribution in [2.45, 2.75) is 5.92 Å². The first-order valence-corrected chi connectivity index (χ1v) is 9.77. The van der Waals surface area contributed by atoms with Crippen molar-refractivity contribution in [3.05, 3.63) is 102 Å². The number of hydrogen-bond acceptors (Lipinski definition) is 2. The number of para-hydroxylation sites is 1. The summed E-state index contributed by atoms with van der Waals surface area (Å²) in [6.07, 6.45) is 2.14. The van der Waals surface area contributed by atoms with Crippen LogP contribution >= 0.6 is 0 Å². The van der Waals surface area contributed by atoms with E-state index in [-0.39, 0.29) is 5.92 Å². The Morgan fingerprint density at radius 2 is 1.62 bits per heavy atom. The Labute approximate surface area is 168 Å². The third kappa shape index (κ3) is 2.37. The molecule has 6 rings (SSSR count). The molecular formula is C26H19NO2. The molecule has 0 aliphatic carbocycles. The van der Waals surface area contributed by atoms with E-state index < -0.39 is 0 Å². The highest BCUT2D eigenvalue weighted by molar-refractivity contribution is 5.92. The molecule has 2 heterocycles. The standard InChI is InChI=1S/C26H19NO2/c1-28-17-11-12-20-24(14-17)29-23-13-10-16-6-2-3-7-18(16)26(23)25(20)21-15-27-22-9-5-4-8-19(21)22/h2-15,25,27H,1H3. The normalized spacial score (nSPS) is 15.0. The number of rotatable bonds is 2. The second-order valence-corrected chi connectivity index (χ2v) is 7.43. The molecule has 0 fully saturated rings. The van der Waals surface area contributed by atoms with E-state index in [1.807, 2.05) is 12.1 Å². The molecule has 5 aromatic rings. The number of aromatic nitrogens is 1. The number of methoxy groups -OCH3 is 1. The molecule has 1 aliphatic rings. The molecule has 0 bridgehead atoms. The SMILES string of the molecule is COc1ccc2c(c1)Oc1ccc3ccccc3c1C2c1c[nH]c2ccccc12. The lowest BCUT2D eigenvalue weighted by atomic mass is 9.80. The van der Waals surface area contributed by atoms with Crippen LogP contribution in [0.5, 0.6) is 17.2 Å². The molecule has 4 aromatic carbocycles. The van der Waals surface area contributed by atoms with Gasteiger partial charge in [0.25, 0.3) is 0 Å². The summed E-state index contributed by atoms with van der Waals surface area (Å²) in [7, 11) is 1.68. The van der Waals surface area contributed by atoms with Gasteiger partial charge in [-0.15, -0.1) is 0 Å². The molecule has 1 N–H and O–H groups in total. The fraction of sp³-hybridized carbons (Fsp3) is 0.0769. The maximum atomic E-state index is 6.38. The van der Waals surface area contributed by atoms with Crippen LogP contribution in [0.15, 0.2) is 85.1 Å². The number of ether oxygens (including phenoxy) is 2. The lowest BCUT2D eigenvalue weighted by Crippen LogP contribution is -2.12. The van der Waals surface area contributed by atoms with Crippen molar-refractivity contribution < 1.29 is 9.47 Å². The molecule has 0 saturated carbocycles. The summed E-state index contributed by atoms with van der Waals surface area (Å²) < 4.78 is 11.8. The molecule has 0 amide bonds. The highest BCUT2D eigenvalue weighted by Gasteiger charge is 2.32. The summed E-state index contributed by atoms with van der Waals surface area (Å²) in [6.45, 7) is 0. The van der Waals surface area contributed by atoms with Crippen molar-refractivity contribution >= 4 is 21.7 Å². The van der Waals surface area contributed by atoms with Crippen molar-refractivity contribution in [1.82, 2.24) is 4.98 Å². The van der Waals surface area contributed by atoms with Crippen molar-refractivity contribution in [2.24, 2.45) is 0 Å². The molecule has 1 unspecified atom stereocenters. The number of fused-ring (bicyclic) bond motifs is 5. The van der Waals surface area contributed by atoms with Gasteiger partial charge in [-0.25, -0.2) is 0 Å². The Kier molecular flexibility index (Phi) is 3.44. The number of hydrogen-bond donors (Lipinski definition) is 1. The molecule has 1 aliphatic heterocycles. The number of nitrogens with one attached hydrogen (secondary N) is 1. The van der Waals surface area contributed by atoms with Gasteiger partial charge in [0.15, 0.2) is 0 Å². The molecule has 1 atom stereocenters. The summed E-state index contributed by atoms with van der Waals surface area (Å²) >= 11 is 0. The number of benzene rings is 4. The minimum atomic E-state index is 0.0712. The largest absolute Gasteiger partial charge is 0.497 e. The van der Waals surface area contributed by atoms with Crippen LogP contribution in [0.3, 0.4) is 0 Å². The summed E-state index contributed by atoms with van der Waals surface area (Å²) in [5.41, 5.74) is 4.77. The molecule has 1 aromatic heterocycles. The Hall–Kier alpha value is -3.72. The van der Waals surface area contributed by atoms with Crippen molar-refractivity contribution in [2.75, 3.05) is 7.11 Å². The van der Waals surface area contributed by atoms with Gasteiger partial charge in [0.05, 0.1) is 7.11 Å². The molecule has 3 heteroatoms. The van der Waals surface area contributed by atoms with E-state index in [0.29, 0.717) is 0 Å². The average molecular weight is 377 g/mol. The molecule has 29 heavy (non-hydrogen) atoms. The zero-order valence-corrected chi connectivity index (χ0v) is 16.0. The lowest BCUT2D eigenvalue weighted by molar-refractivity contribution is 0.405. The Morgan fingerprint density at radius 3 is 2.52 bits per heavy atom. The summed E-state index contributed by atoms with van der Waals surface area (Å²) in [4.78, 5) is 3.45. The van der Waals surface area contributed by atoms with E-state index in [1.165, 1.54) is 27.3 Å². The minimum Gasteiger partial charge on any atom is -0.497 e. The smallest absolute Gasteiger partial charge is 0.135 e. The fourth-order valence-electron chi connectivity index (χ4n) is 4.56. The molecule has 0 radical (unpaired) electrons. The molecule has 0 saturated heterocycles. The first kappa shape index (κ1) is 16.3. The summed E-state index contributed by atoms with van der Waals surface area (Å²) in [5.74, 6) is 2.62. The van der Waals surface area contributed by atoms with Crippen LogP contribution in [0.2, 0.25) is 0 Å². The first-order chi connectivity index (χ1) is 14.3. The van der Waals surface area contributed by atoms with Gasteiger partial charge >= 0.3 is 0 Å². The Bertz CT molecular complexity index is 1380. The van der Waals surface area contributed by atoms with Crippen LogP contribution in [-0.4, -0.2) is 12.1 Å². The zero-order chi connectivity index (χ0) is 19.4. The van der Waals surface area contributed by atoms with E-state index >= 15 is 0 Å². The predicted octanol–water partition coefficient (Wildman–Crippen LogP) is 6.62. The maximum Gasteiger partial charge on any atom is 0.135 e. The van der Waals surface area contributed by atoms with E-state index in [0.717, 1.165) is 28.3 Å². The maximum absolute atomic E-state index is 6.38. The number of H-pyrrole nitrogens is 1. The van der Waals surface area contributed by atoms with Crippen LogP contribution in [0, 0.1) is 0 Å². The molecular weight excluding hydrogens is 358 g/mol. The number of aromatic amines is 1. The quantitative estimate of drug-likeness (QED) is 0.368. The average Bonchev–Trinajstić information content (AvgIpc) is 3.20. The molecule has 0 spiro atoms. The van der Waals surface area contributed by atoms with Gasteiger partial charge < -0.3 is 14.5 Å². The second-order valence-electron chi connectivity index (χ2n) is 7.43. The third-order valence-corrected chi connectivity index (χ3v) is 5.90. The van der Waals surface area contributed by atoms with Crippen LogP contribution in [0.4, 0.5) is 0 Å². The van der Waals surface area contributed by atoms with Crippen molar-refractivity contribution in [3.8, 4) is 17.2 Å². The highest BCUT2D eigenvalue weighted by Crippen LogP contribution is 2.51. The van der Waals surface area contributed by atoms with Crippen molar-refractivity contribution in [1.29, 1.82) is 0 Å². The van der Waals surface area contributed by atoms with Crippen LogP contribution in [0.1, 0.15) is 22.6 Å². The van der Waals surface area contributed by atoms with Gasteiger partial charge in [0, 0.05) is 40.2 Å². The monoisotopic (exact) mass is 377 g/mol. The van der Waals surface area contributed by atoms with E-state index in [2.05, 4.69) is 77.9 Å². The predicted molar refractivity (Wildman–Crippen MR) is 116 cm³/mol. The molecule has 140 valence electrons. The van der Waals surface area contributed by atoms with Gasteiger partial charge in [0.2, 0.25) is 0 Å². The third-order valence-electron chi connectivity index (χ3n) is 5.90. The Morgan fingerprint density at radius 1 is 0.793 bits per heavy atom. The van der Waals surface area contributed by atoms with E-state index in [9.17, 15) is 0 Å². The van der Waals surface area contributed by atoms with Crippen LogP contribution in [-0.2, 0) is 0 Å². The van der Waals surface area contributed by atoms with Gasteiger partial charge in [-0.2, -0.15) is 0 Å². The lowest BCUT2D eigenvalue weighted by Gasteiger charge is -2.30. The first-order valence-electron chi connectivity index (χ1n) is 9.77. The Balaban J connectivity index is 1.70. The van der Waals surface area contributed by atoms with E-state index in [1.54, 1.807) is 7.11 Å². The highest BCUT2D eigenvalue weighted by atomic mass is 16.5. The molecule has 3 nitrogen and oxygen atoms in total. The summed E-state index contributed by atoms with van der Waals surface area (Å²) in [6, 6.07) is 27.3. The van der Waals surface area contributed by atoms with Gasteiger partial charge in [-0.05, 0) is 34.5 Å². The van der Waals surface area contributed by atoms with Gasteiger partial charge in [-0.3, -0.25) is 0 Å². The topological polar surface area (TPSA) is 34.2 Å². The summed E-state index contributed by atoms with van der Waals surface area (Å²) in [5, 5.41) is 3.68. The van der Waals surface area contributed by atoms with Crippen LogP contribution < -0.4 is 9.47 Å². The second kappa shape index (κ2) is 6.14. The zero-order valence-electron chi connectivity index (χ0n) is 16.0. The van der Waals surface area contributed by atoms with E-state index in [4.69, 9.17) is 9.47 Å². The minimum absolute atomic E-state index is 0.0712. The van der Waals surface area contributed by atoms with Gasteiger partial charge in [-0.1, -0.05) is 54.6 Å². The van der Waals surface area contributed by atoms with Crippen molar-refractivity contribution in [3.63, 3.8) is 0 Å². The van der Waals surface area contributed by atoms with Gasteiger partial charge in [0.1, 0.15) is 17.2 Å². The van der Waals surface area contributed by atoms with Crippen LogP contribution in [0.25, 0.3) is 21.7 Å².